The number of fused-ring (bicyclic) bond motifs is 9. The van der Waals surface area contributed by atoms with Crippen LogP contribution in [0.2, 0.25) is 0 Å². The molecule has 11 rings (SSSR count). The molecule has 0 saturated carbocycles. The summed E-state index contributed by atoms with van der Waals surface area (Å²) >= 11 is 1.83. The molecule has 3 nitrogen and oxygen atoms in total. The number of thiophene rings is 1. The van der Waals surface area contributed by atoms with E-state index in [2.05, 4.69) is 157 Å². The topological polar surface area (TPSA) is 36.8 Å². The van der Waals surface area contributed by atoms with E-state index in [1.54, 1.807) is 0 Å². The second kappa shape index (κ2) is 12.9. The first kappa shape index (κ1) is 31.6. The Labute approximate surface area is 322 Å². The van der Waals surface area contributed by atoms with Crippen molar-refractivity contribution >= 4 is 75.5 Å². The zero-order chi connectivity index (χ0) is 36.3. The molecular weight excluding hydrogens is 687 g/mol. The highest BCUT2D eigenvalue weighted by Gasteiger charge is 2.22. The fourth-order valence-corrected chi connectivity index (χ4v) is 9.32. The van der Waals surface area contributed by atoms with Crippen LogP contribution in [-0.4, -0.2) is 11.7 Å². The molecule has 1 aliphatic heterocycles. The number of hydrogen-bond donors (Lipinski definition) is 1. The molecule has 2 heterocycles. The Kier molecular flexibility index (Phi) is 7.42. The molecule has 55 heavy (non-hydrogen) atoms. The molecule has 9 aromatic carbocycles. The molecule has 1 N–H and O–H groups in total. The van der Waals surface area contributed by atoms with Gasteiger partial charge in [-0.2, -0.15) is 0 Å². The van der Waals surface area contributed by atoms with E-state index in [-0.39, 0.29) is 6.17 Å². The van der Waals surface area contributed by atoms with Crippen molar-refractivity contribution in [1.82, 2.24) is 5.32 Å². The molecule has 0 bridgehead atoms. The summed E-state index contributed by atoms with van der Waals surface area (Å²) in [6.45, 7) is 0. The van der Waals surface area contributed by atoms with E-state index in [1.165, 1.54) is 74.7 Å². The fourth-order valence-electron chi connectivity index (χ4n) is 8.19. The van der Waals surface area contributed by atoms with Gasteiger partial charge in [-0.15, -0.1) is 11.3 Å². The minimum absolute atomic E-state index is 0.261. The zero-order valence-electron chi connectivity index (χ0n) is 29.8. The quantitative estimate of drug-likeness (QED) is 0.177. The van der Waals surface area contributed by atoms with Crippen molar-refractivity contribution < 1.29 is 0 Å². The van der Waals surface area contributed by atoms with Crippen molar-refractivity contribution in [2.45, 2.75) is 6.17 Å². The van der Waals surface area contributed by atoms with Gasteiger partial charge < -0.3 is 5.32 Å². The van der Waals surface area contributed by atoms with Crippen LogP contribution in [0.4, 0.5) is 0 Å². The molecule has 1 atom stereocenters. The average molecular weight is 720 g/mol. The maximum absolute atomic E-state index is 5.11. The molecule has 0 aliphatic carbocycles. The number of aliphatic imine (C=N–C) groups is 2. The number of amidine groups is 2. The van der Waals surface area contributed by atoms with Gasteiger partial charge in [0.1, 0.15) is 12.0 Å². The molecule has 1 aromatic heterocycles. The van der Waals surface area contributed by atoms with Crippen LogP contribution in [0, 0.1) is 0 Å². The van der Waals surface area contributed by atoms with Crippen LogP contribution < -0.4 is 5.32 Å². The first-order chi connectivity index (χ1) is 27.2. The van der Waals surface area contributed by atoms with Crippen molar-refractivity contribution in [3.8, 4) is 22.3 Å². The lowest BCUT2D eigenvalue weighted by Gasteiger charge is -2.23. The Morgan fingerprint density at radius 2 is 0.891 bits per heavy atom. The normalized spacial score (nSPS) is 14.4. The van der Waals surface area contributed by atoms with Gasteiger partial charge in [0.25, 0.3) is 0 Å². The first-order valence-electron chi connectivity index (χ1n) is 18.7. The third-order valence-electron chi connectivity index (χ3n) is 10.9. The van der Waals surface area contributed by atoms with Gasteiger partial charge in [0.05, 0.1) is 0 Å². The molecule has 0 radical (unpaired) electrons. The van der Waals surface area contributed by atoms with Gasteiger partial charge in [0.15, 0.2) is 5.84 Å². The lowest BCUT2D eigenvalue weighted by molar-refractivity contribution is 0.675. The molecule has 0 amide bonds. The van der Waals surface area contributed by atoms with Gasteiger partial charge in [-0.05, 0) is 90.5 Å². The van der Waals surface area contributed by atoms with Crippen LogP contribution in [0.25, 0.3) is 74.7 Å². The predicted molar refractivity (Wildman–Crippen MR) is 235 cm³/mol. The minimum Gasteiger partial charge on any atom is -0.344 e. The second-order valence-corrected chi connectivity index (χ2v) is 15.3. The summed E-state index contributed by atoms with van der Waals surface area (Å²) in [5.74, 6) is 1.56. The van der Waals surface area contributed by atoms with Crippen LogP contribution in [0.5, 0.6) is 0 Å². The Morgan fingerprint density at radius 1 is 0.364 bits per heavy atom. The smallest absolute Gasteiger partial charge is 0.159 e. The van der Waals surface area contributed by atoms with Gasteiger partial charge in [-0.25, -0.2) is 9.98 Å². The fraction of sp³-hybridized carbons (Fsp3) is 0.0196. The monoisotopic (exact) mass is 719 g/mol. The molecule has 10 aromatic rings. The van der Waals surface area contributed by atoms with Crippen LogP contribution >= 0.6 is 11.3 Å². The summed E-state index contributed by atoms with van der Waals surface area (Å²) in [4.78, 5) is 10.1. The maximum Gasteiger partial charge on any atom is 0.159 e. The molecule has 1 aliphatic rings. The molecule has 0 spiro atoms. The summed E-state index contributed by atoms with van der Waals surface area (Å²) in [6, 6.07) is 67.7. The molecular formula is C51H33N3S. The number of nitrogens with one attached hydrogen (secondary N) is 1. The van der Waals surface area contributed by atoms with E-state index < -0.39 is 0 Å². The van der Waals surface area contributed by atoms with E-state index >= 15 is 0 Å². The number of nitrogens with zero attached hydrogens (tertiary/aromatic N) is 2. The lowest BCUT2D eigenvalue weighted by atomic mass is 9.91. The molecule has 0 fully saturated rings. The standard InChI is InChI=1S/C51H33N3S/c1-3-12-32(13-4-1)49-52-50(33-14-5-2-6-15-33)54-51(53-49)38-23-26-44-46-30-37(24-27-47(46)55-48(44)31-38)35-17-11-16-34(28-35)36-22-25-43-41-20-8-7-18-39(41)40-19-9-10-21-42(40)45(43)29-36/h1-31,51H,(H,52,53,54). The Morgan fingerprint density at radius 3 is 1.58 bits per heavy atom. The first-order valence-corrected chi connectivity index (χ1v) is 19.5. The molecule has 4 heteroatoms. The minimum atomic E-state index is -0.261. The summed E-state index contributed by atoms with van der Waals surface area (Å²) < 4.78 is 2.52. The molecule has 1 unspecified atom stereocenters. The third-order valence-corrected chi connectivity index (χ3v) is 12.0. The SMILES string of the molecule is c1ccc(C2=NC(c3ccc4c(c3)sc3ccc(-c5cccc(-c6ccc7c8ccccc8c8ccccc8c7c6)c5)cc34)NC(c3ccccc3)=N2)cc1. The Bertz CT molecular complexity index is 3140. The van der Waals surface area contributed by atoms with Crippen molar-refractivity contribution in [3.63, 3.8) is 0 Å². The second-order valence-electron chi connectivity index (χ2n) is 14.2. The van der Waals surface area contributed by atoms with Crippen molar-refractivity contribution in [3.05, 3.63) is 205 Å². The predicted octanol–water partition coefficient (Wildman–Crippen LogP) is 13.3. The van der Waals surface area contributed by atoms with Crippen molar-refractivity contribution in [1.29, 1.82) is 0 Å². The number of hydrogen-bond acceptors (Lipinski definition) is 4. The van der Waals surface area contributed by atoms with Crippen molar-refractivity contribution in [2.75, 3.05) is 0 Å². The van der Waals surface area contributed by atoms with Gasteiger partial charge in [0, 0.05) is 31.3 Å². The van der Waals surface area contributed by atoms with Crippen LogP contribution in [-0.2, 0) is 0 Å². The highest BCUT2D eigenvalue weighted by atomic mass is 32.1. The largest absolute Gasteiger partial charge is 0.344 e. The van der Waals surface area contributed by atoms with Crippen LogP contribution in [0.3, 0.4) is 0 Å². The maximum atomic E-state index is 5.11. The Balaban J connectivity index is 0.955. The summed E-state index contributed by atoms with van der Waals surface area (Å²) in [6.07, 6.45) is -0.261. The van der Waals surface area contributed by atoms with Gasteiger partial charge >= 0.3 is 0 Å². The van der Waals surface area contributed by atoms with Crippen LogP contribution in [0.1, 0.15) is 22.9 Å². The average Bonchev–Trinajstić information content (AvgIpc) is 3.64. The van der Waals surface area contributed by atoms with E-state index in [9.17, 15) is 0 Å². The van der Waals surface area contributed by atoms with Gasteiger partial charge in [-0.3, -0.25) is 0 Å². The van der Waals surface area contributed by atoms with E-state index in [4.69, 9.17) is 9.98 Å². The van der Waals surface area contributed by atoms with E-state index in [0.29, 0.717) is 0 Å². The molecule has 0 saturated heterocycles. The van der Waals surface area contributed by atoms with E-state index in [0.717, 1.165) is 28.4 Å². The number of benzene rings is 9. The third kappa shape index (κ3) is 5.50. The van der Waals surface area contributed by atoms with Gasteiger partial charge in [-0.1, -0.05) is 158 Å². The summed E-state index contributed by atoms with van der Waals surface area (Å²) in [5, 5.41) is 13.9. The highest BCUT2D eigenvalue weighted by Crippen LogP contribution is 2.40. The van der Waals surface area contributed by atoms with E-state index in [1.807, 2.05) is 47.7 Å². The lowest BCUT2D eigenvalue weighted by Crippen LogP contribution is -2.33. The molecule has 258 valence electrons. The highest BCUT2D eigenvalue weighted by molar-refractivity contribution is 7.25. The number of rotatable bonds is 5. The van der Waals surface area contributed by atoms with Gasteiger partial charge in [0.2, 0.25) is 0 Å². The van der Waals surface area contributed by atoms with Crippen molar-refractivity contribution in [2.24, 2.45) is 9.98 Å². The summed E-state index contributed by atoms with van der Waals surface area (Å²) in [7, 11) is 0. The zero-order valence-corrected chi connectivity index (χ0v) is 30.6. The van der Waals surface area contributed by atoms with Crippen LogP contribution in [0.15, 0.2) is 198 Å². The Hall–Kier alpha value is -6.88. The summed E-state index contributed by atoms with van der Waals surface area (Å²) in [5.41, 5.74) is 8.01.